The van der Waals surface area contributed by atoms with Crippen molar-refractivity contribution in [2.75, 3.05) is 32.7 Å². The second kappa shape index (κ2) is 6.04. The van der Waals surface area contributed by atoms with Crippen LogP contribution in [0.3, 0.4) is 0 Å². The summed E-state index contributed by atoms with van der Waals surface area (Å²) in [6.45, 7) is 9.36. The predicted molar refractivity (Wildman–Crippen MR) is 79.2 cm³/mol. The van der Waals surface area contributed by atoms with E-state index in [4.69, 9.17) is 0 Å². The lowest BCUT2D eigenvalue weighted by molar-refractivity contribution is 0.0129. The molecule has 0 aliphatic carbocycles. The van der Waals surface area contributed by atoms with Gasteiger partial charge in [0.25, 0.3) is 0 Å². The summed E-state index contributed by atoms with van der Waals surface area (Å²) < 4.78 is 0. The normalized spacial score (nSPS) is 31.3. The van der Waals surface area contributed by atoms with E-state index >= 15 is 0 Å². The van der Waals surface area contributed by atoms with E-state index in [-0.39, 0.29) is 0 Å². The summed E-state index contributed by atoms with van der Waals surface area (Å²) in [4.78, 5) is 5.30. The van der Waals surface area contributed by atoms with Crippen molar-refractivity contribution >= 4 is 0 Å². The maximum absolute atomic E-state index is 3.69. The Kier molecular flexibility index (Phi) is 4.16. The molecule has 104 valence electrons. The Morgan fingerprint density at radius 1 is 1.16 bits per heavy atom. The number of fused-ring (bicyclic) bond motifs is 2. The van der Waals surface area contributed by atoms with Gasteiger partial charge in [-0.05, 0) is 25.1 Å². The van der Waals surface area contributed by atoms with Gasteiger partial charge in [-0.1, -0.05) is 37.3 Å². The van der Waals surface area contributed by atoms with E-state index in [1.54, 1.807) is 0 Å². The van der Waals surface area contributed by atoms with Crippen molar-refractivity contribution in [1.29, 1.82) is 0 Å². The summed E-state index contributed by atoms with van der Waals surface area (Å²) in [7, 11) is 0. The molecule has 0 spiro atoms. The van der Waals surface area contributed by atoms with Gasteiger partial charge in [-0.3, -0.25) is 4.90 Å². The molecule has 0 amide bonds. The number of hydrogen-bond donors (Lipinski definition) is 1. The summed E-state index contributed by atoms with van der Waals surface area (Å²) in [6, 6.07) is 12.2. The maximum Gasteiger partial charge on any atom is 0.0381 e. The van der Waals surface area contributed by atoms with Crippen LogP contribution in [0.25, 0.3) is 0 Å². The fourth-order valence-corrected chi connectivity index (χ4v) is 3.52. The lowest BCUT2D eigenvalue weighted by atomic mass is 9.94. The smallest absolute Gasteiger partial charge is 0.0381 e. The second-order valence-corrected chi connectivity index (χ2v) is 5.78. The lowest BCUT2D eigenvalue weighted by Crippen LogP contribution is -2.64. The standard InChI is InChI=1S/C16H25N3/c1-2-17-15-8-9-18-10-11-19(16(15)13-18)12-14-6-4-3-5-7-14/h3-7,15-17H,2,8-13H2,1H3/t15-,16+/m1/s1. The zero-order valence-corrected chi connectivity index (χ0v) is 11.9. The van der Waals surface area contributed by atoms with Crippen LogP contribution < -0.4 is 5.32 Å². The van der Waals surface area contributed by atoms with Crippen molar-refractivity contribution in [2.45, 2.75) is 32.0 Å². The van der Waals surface area contributed by atoms with Crippen LogP contribution in [0.2, 0.25) is 0 Å². The third kappa shape index (κ3) is 2.99. The first-order valence-electron chi connectivity index (χ1n) is 7.60. The van der Waals surface area contributed by atoms with Crippen LogP contribution in [0.5, 0.6) is 0 Å². The van der Waals surface area contributed by atoms with Crippen LogP contribution in [0.1, 0.15) is 18.9 Å². The van der Waals surface area contributed by atoms with Gasteiger partial charge in [0.15, 0.2) is 0 Å². The number of benzene rings is 1. The van der Waals surface area contributed by atoms with Crippen molar-refractivity contribution in [2.24, 2.45) is 0 Å². The molecule has 0 saturated carbocycles. The fourth-order valence-electron chi connectivity index (χ4n) is 3.52. The van der Waals surface area contributed by atoms with Crippen LogP contribution in [-0.4, -0.2) is 54.6 Å². The molecule has 1 N–H and O–H groups in total. The molecular weight excluding hydrogens is 234 g/mol. The number of piperazine rings is 1. The van der Waals surface area contributed by atoms with E-state index in [1.807, 2.05) is 0 Å². The van der Waals surface area contributed by atoms with Gasteiger partial charge >= 0.3 is 0 Å². The lowest BCUT2D eigenvalue weighted by Gasteiger charge is -2.49. The van der Waals surface area contributed by atoms with Crippen LogP contribution in [-0.2, 0) is 6.54 Å². The van der Waals surface area contributed by atoms with E-state index in [1.165, 1.54) is 38.2 Å². The zero-order chi connectivity index (χ0) is 13.1. The molecule has 1 aromatic rings. The van der Waals surface area contributed by atoms with Gasteiger partial charge in [0.2, 0.25) is 0 Å². The van der Waals surface area contributed by atoms with Gasteiger partial charge in [-0.15, -0.1) is 0 Å². The third-order valence-electron chi connectivity index (χ3n) is 4.53. The molecule has 2 saturated heterocycles. The largest absolute Gasteiger partial charge is 0.313 e. The van der Waals surface area contributed by atoms with E-state index in [0.717, 1.165) is 13.1 Å². The fraction of sp³-hybridized carbons (Fsp3) is 0.625. The van der Waals surface area contributed by atoms with E-state index in [0.29, 0.717) is 12.1 Å². The first-order chi connectivity index (χ1) is 9.36. The third-order valence-corrected chi connectivity index (χ3v) is 4.53. The molecule has 0 radical (unpaired) electrons. The SMILES string of the molecule is CCN[C@@H]1CCN2CCN(Cc3ccccc3)[C@H]1C2. The van der Waals surface area contributed by atoms with Crippen LogP contribution in [0.15, 0.2) is 30.3 Å². The van der Waals surface area contributed by atoms with Gasteiger partial charge in [-0.25, -0.2) is 0 Å². The van der Waals surface area contributed by atoms with Gasteiger partial charge in [-0.2, -0.15) is 0 Å². The van der Waals surface area contributed by atoms with Crippen molar-refractivity contribution in [1.82, 2.24) is 15.1 Å². The van der Waals surface area contributed by atoms with Gasteiger partial charge in [0.05, 0.1) is 0 Å². The van der Waals surface area contributed by atoms with Gasteiger partial charge in [0, 0.05) is 38.3 Å². The highest BCUT2D eigenvalue weighted by atomic mass is 15.3. The molecule has 0 aromatic heterocycles. The number of hydrogen-bond acceptors (Lipinski definition) is 3. The van der Waals surface area contributed by atoms with Crippen LogP contribution >= 0.6 is 0 Å². The monoisotopic (exact) mass is 259 g/mol. The summed E-state index contributed by atoms with van der Waals surface area (Å²) in [5.41, 5.74) is 1.44. The minimum atomic E-state index is 0.672. The molecule has 3 atom stereocenters. The minimum absolute atomic E-state index is 0.672. The highest BCUT2D eigenvalue weighted by Crippen LogP contribution is 2.22. The Hall–Kier alpha value is -0.900. The quantitative estimate of drug-likeness (QED) is 0.885. The molecule has 3 heteroatoms. The molecule has 1 aromatic carbocycles. The molecule has 2 aliphatic heterocycles. The average Bonchev–Trinajstić information content (AvgIpc) is 2.46. The zero-order valence-electron chi connectivity index (χ0n) is 11.9. The molecule has 2 aliphatic rings. The Labute approximate surface area is 116 Å². The Morgan fingerprint density at radius 3 is 2.79 bits per heavy atom. The minimum Gasteiger partial charge on any atom is -0.313 e. The number of piperidine rings is 1. The summed E-state index contributed by atoms with van der Waals surface area (Å²) in [5, 5.41) is 3.69. The Morgan fingerprint density at radius 2 is 2.00 bits per heavy atom. The summed E-state index contributed by atoms with van der Waals surface area (Å²) >= 11 is 0. The van der Waals surface area contributed by atoms with Gasteiger partial charge < -0.3 is 10.2 Å². The molecule has 2 fully saturated rings. The predicted octanol–water partition coefficient (Wildman–Crippen LogP) is 1.55. The summed E-state index contributed by atoms with van der Waals surface area (Å²) in [5.74, 6) is 0. The van der Waals surface area contributed by atoms with Crippen molar-refractivity contribution in [3.05, 3.63) is 35.9 Å². The molecule has 2 heterocycles. The Balaban J connectivity index is 1.69. The molecule has 3 rings (SSSR count). The topological polar surface area (TPSA) is 18.5 Å². The first kappa shape index (κ1) is 13.1. The number of nitrogens with zero attached hydrogens (tertiary/aromatic N) is 2. The van der Waals surface area contributed by atoms with Gasteiger partial charge in [0.1, 0.15) is 0 Å². The molecule has 2 bridgehead atoms. The van der Waals surface area contributed by atoms with Crippen molar-refractivity contribution < 1.29 is 0 Å². The van der Waals surface area contributed by atoms with Crippen molar-refractivity contribution in [3.63, 3.8) is 0 Å². The molecule has 19 heavy (non-hydrogen) atoms. The molecular formula is C16H25N3. The van der Waals surface area contributed by atoms with Crippen LogP contribution in [0, 0.1) is 0 Å². The van der Waals surface area contributed by atoms with E-state index in [9.17, 15) is 0 Å². The summed E-state index contributed by atoms with van der Waals surface area (Å²) in [6.07, 6.45) is 1.30. The number of likely N-dealkylation sites (N-methyl/N-ethyl adjacent to an activating group) is 1. The number of rotatable bonds is 4. The molecule has 1 unspecified atom stereocenters. The van der Waals surface area contributed by atoms with E-state index in [2.05, 4.69) is 52.4 Å². The number of nitrogens with one attached hydrogen (secondary N) is 1. The highest BCUT2D eigenvalue weighted by molar-refractivity contribution is 5.15. The maximum atomic E-state index is 3.69. The second-order valence-electron chi connectivity index (χ2n) is 5.78. The average molecular weight is 259 g/mol. The Bertz CT molecular complexity index is 392. The van der Waals surface area contributed by atoms with Crippen molar-refractivity contribution in [3.8, 4) is 0 Å². The molecule has 3 nitrogen and oxygen atoms in total. The van der Waals surface area contributed by atoms with E-state index < -0.39 is 0 Å². The van der Waals surface area contributed by atoms with Crippen LogP contribution in [0.4, 0.5) is 0 Å². The highest BCUT2D eigenvalue weighted by Gasteiger charge is 2.36. The first-order valence-corrected chi connectivity index (χ1v) is 7.60.